The summed E-state index contributed by atoms with van der Waals surface area (Å²) in [5, 5.41) is 19.2. The molecule has 0 atom stereocenters. The topological polar surface area (TPSA) is 96.0 Å². The summed E-state index contributed by atoms with van der Waals surface area (Å²) in [7, 11) is 0. The molecule has 0 spiro atoms. The second kappa shape index (κ2) is 7.28. The number of phenols is 2. The summed E-state index contributed by atoms with van der Waals surface area (Å²) in [6, 6.07) is 3.97. The molecule has 1 aromatic carbocycles. The molecule has 1 aliphatic rings. The fourth-order valence-corrected chi connectivity index (χ4v) is 2.42. The van der Waals surface area contributed by atoms with Gasteiger partial charge < -0.3 is 25.6 Å². The first-order chi connectivity index (χ1) is 10.1. The Balaban J connectivity index is 1.89. The number of carbonyl (C=O) groups is 1. The van der Waals surface area contributed by atoms with Gasteiger partial charge in [0.25, 0.3) is 5.91 Å². The fraction of sp³-hybridized carbons (Fsp3) is 0.533. The number of phenolic OH excluding ortho intramolecular Hbond substituents is 2. The van der Waals surface area contributed by atoms with Crippen LogP contribution in [0.2, 0.25) is 0 Å². The van der Waals surface area contributed by atoms with Crippen molar-refractivity contribution in [1.82, 2.24) is 4.90 Å². The van der Waals surface area contributed by atoms with Gasteiger partial charge in [0.05, 0.1) is 11.7 Å². The first-order valence-corrected chi connectivity index (χ1v) is 7.24. The number of ether oxygens (including phenoxy) is 1. The van der Waals surface area contributed by atoms with Crippen molar-refractivity contribution in [3.63, 3.8) is 0 Å². The molecule has 1 aromatic rings. The van der Waals surface area contributed by atoms with Crippen LogP contribution in [0.4, 0.5) is 0 Å². The van der Waals surface area contributed by atoms with Crippen LogP contribution < -0.4 is 5.73 Å². The molecule has 1 amide bonds. The molecule has 116 valence electrons. The number of aromatic hydroxyl groups is 2. The van der Waals surface area contributed by atoms with Gasteiger partial charge in [-0.25, -0.2) is 0 Å². The Morgan fingerprint density at radius 3 is 2.71 bits per heavy atom. The van der Waals surface area contributed by atoms with Gasteiger partial charge in [-0.1, -0.05) is 0 Å². The number of piperidine rings is 1. The number of benzene rings is 1. The minimum Gasteiger partial charge on any atom is -0.508 e. The zero-order valence-corrected chi connectivity index (χ0v) is 12.0. The molecule has 1 aliphatic heterocycles. The van der Waals surface area contributed by atoms with E-state index < -0.39 is 0 Å². The number of carbonyl (C=O) groups excluding carboxylic acids is 1. The quantitative estimate of drug-likeness (QED) is 0.557. The Kier molecular flexibility index (Phi) is 5.41. The van der Waals surface area contributed by atoms with Crippen molar-refractivity contribution in [3.8, 4) is 11.5 Å². The van der Waals surface area contributed by atoms with Crippen LogP contribution in [0, 0.1) is 0 Å². The van der Waals surface area contributed by atoms with Gasteiger partial charge in [-0.15, -0.1) is 0 Å². The molecule has 1 heterocycles. The number of nitrogens with zero attached hydrogens (tertiary/aromatic N) is 1. The van der Waals surface area contributed by atoms with E-state index in [-0.39, 0.29) is 29.1 Å². The Labute approximate surface area is 124 Å². The predicted octanol–water partition coefficient (Wildman–Crippen LogP) is 1.07. The van der Waals surface area contributed by atoms with Crippen LogP contribution in [0.1, 0.15) is 29.6 Å². The fourth-order valence-electron chi connectivity index (χ4n) is 2.42. The maximum absolute atomic E-state index is 12.3. The summed E-state index contributed by atoms with van der Waals surface area (Å²) < 4.78 is 5.69. The minimum absolute atomic E-state index is 0.0313. The predicted molar refractivity (Wildman–Crippen MR) is 78.3 cm³/mol. The summed E-state index contributed by atoms with van der Waals surface area (Å²) in [5.74, 6) is -0.404. The third-order valence-electron chi connectivity index (χ3n) is 3.64. The summed E-state index contributed by atoms with van der Waals surface area (Å²) in [6.07, 6.45) is 2.56. The van der Waals surface area contributed by atoms with Gasteiger partial charge in [0.2, 0.25) is 0 Å². The van der Waals surface area contributed by atoms with Crippen molar-refractivity contribution in [2.75, 3.05) is 26.2 Å². The third kappa shape index (κ3) is 4.09. The Bertz CT molecular complexity index is 485. The van der Waals surface area contributed by atoms with Crippen molar-refractivity contribution in [3.05, 3.63) is 23.8 Å². The van der Waals surface area contributed by atoms with E-state index in [1.54, 1.807) is 4.90 Å². The van der Waals surface area contributed by atoms with E-state index in [1.165, 1.54) is 18.2 Å². The number of hydrogen-bond acceptors (Lipinski definition) is 5. The molecule has 0 unspecified atom stereocenters. The summed E-state index contributed by atoms with van der Waals surface area (Å²) in [4.78, 5) is 14.0. The second-order valence-electron chi connectivity index (χ2n) is 5.21. The number of amides is 1. The first kappa shape index (κ1) is 15.6. The lowest BCUT2D eigenvalue weighted by molar-refractivity contribution is 0.00837. The standard InChI is InChI=1S/C15H22N2O4/c16-6-1-9-21-12-4-7-17(8-5-12)15(20)13-10-11(18)2-3-14(13)19/h2-3,10,12,18-19H,1,4-9,16H2. The van der Waals surface area contributed by atoms with E-state index in [4.69, 9.17) is 10.5 Å². The number of rotatable bonds is 5. The van der Waals surface area contributed by atoms with Crippen molar-refractivity contribution in [2.45, 2.75) is 25.4 Å². The number of likely N-dealkylation sites (tertiary alicyclic amines) is 1. The number of hydrogen-bond donors (Lipinski definition) is 3. The monoisotopic (exact) mass is 294 g/mol. The molecule has 4 N–H and O–H groups in total. The Morgan fingerprint density at radius 2 is 2.05 bits per heavy atom. The van der Waals surface area contributed by atoms with Crippen LogP contribution >= 0.6 is 0 Å². The molecule has 21 heavy (non-hydrogen) atoms. The smallest absolute Gasteiger partial charge is 0.257 e. The zero-order valence-electron chi connectivity index (χ0n) is 12.0. The molecular weight excluding hydrogens is 272 g/mol. The first-order valence-electron chi connectivity index (χ1n) is 7.24. The van der Waals surface area contributed by atoms with E-state index in [2.05, 4.69) is 0 Å². The van der Waals surface area contributed by atoms with Gasteiger partial charge in [-0.05, 0) is 44.0 Å². The van der Waals surface area contributed by atoms with Crippen molar-refractivity contribution < 1.29 is 19.7 Å². The number of nitrogens with two attached hydrogens (primary N) is 1. The van der Waals surface area contributed by atoms with Crippen molar-refractivity contribution in [2.24, 2.45) is 5.73 Å². The minimum atomic E-state index is -0.260. The average Bonchev–Trinajstić information content (AvgIpc) is 2.50. The van der Waals surface area contributed by atoms with Gasteiger partial charge in [-0.3, -0.25) is 4.79 Å². The molecule has 6 heteroatoms. The maximum Gasteiger partial charge on any atom is 0.257 e. The van der Waals surface area contributed by atoms with Gasteiger partial charge in [0, 0.05) is 19.7 Å². The highest BCUT2D eigenvalue weighted by molar-refractivity contribution is 5.97. The van der Waals surface area contributed by atoms with Gasteiger partial charge >= 0.3 is 0 Å². The SMILES string of the molecule is NCCCOC1CCN(C(=O)c2cc(O)ccc2O)CC1. The molecule has 1 fully saturated rings. The highest BCUT2D eigenvalue weighted by atomic mass is 16.5. The summed E-state index contributed by atoms with van der Waals surface area (Å²) in [5.41, 5.74) is 5.56. The van der Waals surface area contributed by atoms with E-state index in [0.717, 1.165) is 19.3 Å². The molecule has 0 saturated carbocycles. The largest absolute Gasteiger partial charge is 0.508 e. The molecular formula is C15H22N2O4. The maximum atomic E-state index is 12.3. The highest BCUT2D eigenvalue weighted by Gasteiger charge is 2.25. The molecule has 0 bridgehead atoms. The van der Waals surface area contributed by atoms with Gasteiger partial charge in [-0.2, -0.15) is 0 Å². The van der Waals surface area contributed by atoms with Crippen LogP contribution in [0.25, 0.3) is 0 Å². The Morgan fingerprint density at radius 1 is 1.33 bits per heavy atom. The highest BCUT2D eigenvalue weighted by Crippen LogP contribution is 2.25. The molecule has 0 aromatic heterocycles. The lowest BCUT2D eigenvalue weighted by Crippen LogP contribution is -2.41. The van der Waals surface area contributed by atoms with Gasteiger partial charge in [0.1, 0.15) is 11.5 Å². The molecule has 0 radical (unpaired) electrons. The molecule has 1 saturated heterocycles. The second-order valence-corrected chi connectivity index (χ2v) is 5.21. The van der Waals surface area contributed by atoms with E-state index in [0.29, 0.717) is 26.2 Å². The third-order valence-corrected chi connectivity index (χ3v) is 3.64. The van der Waals surface area contributed by atoms with Crippen LogP contribution in [0.5, 0.6) is 11.5 Å². The van der Waals surface area contributed by atoms with Crippen molar-refractivity contribution in [1.29, 1.82) is 0 Å². The molecule has 2 rings (SSSR count). The molecule has 0 aliphatic carbocycles. The van der Waals surface area contributed by atoms with E-state index in [9.17, 15) is 15.0 Å². The van der Waals surface area contributed by atoms with Crippen LogP contribution in [-0.2, 0) is 4.74 Å². The summed E-state index contributed by atoms with van der Waals surface area (Å²) in [6.45, 7) is 2.44. The normalized spacial score (nSPS) is 16.1. The van der Waals surface area contributed by atoms with Crippen LogP contribution in [0.15, 0.2) is 18.2 Å². The van der Waals surface area contributed by atoms with Crippen LogP contribution in [-0.4, -0.2) is 53.4 Å². The summed E-state index contributed by atoms with van der Waals surface area (Å²) >= 11 is 0. The van der Waals surface area contributed by atoms with Crippen LogP contribution in [0.3, 0.4) is 0 Å². The van der Waals surface area contributed by atoms with Gasteiger partial charge in [0.15, 0.2) is 0 Å². The lowest BCUT2D eigenvalue weighted by Gasteiger charge is -2.32. The van der Waals surface area contributed by atoms with E-state index in [1.807, 2.05) is 0 Å². The van der Waals surface area contributed by atoms with E-state index >= 15 is 0 Å². The average molecular weight is 294 g/mol. The molecule has 6 nitrogen and oxygen atoms in total. The Hall–Kier alpha value is -1.79. The van der Waals surface area contributed by atoms with Crippen molar-refractivity contribution >= 4 is 5.91 Å². The zero-order chi connectivity index (χ0) is 15.2. The lowest BCUT2D eigenvalue weighted by atomic mass is 10.1.